The minimum atomic E-state index is -0.515. The summed E-state index contributed by atoms with van der Waals surface area (Å²) in [5.41, 5.74) is 2.74. The zero-order valence-corrected chi connectivity index (χ0v) is 16.7. The van der Waals surface area contributed by atoms with Gasteiger partial charge in [0, 0.05) is 31.6 Å². The summed E-state index contributed by atoms with van der Waals surface area (Å²) in [4.78, 5) is 30.0. The molecule has 1 atom stereocenters. The SMILES string of the molecule is CCN(CC)CCNC(=O)C(Cc1ccccc1)N1Cc2ccccc2C1=O. The number of benzene rings is 2. The summed E-state index contributed by atoms with van der Waals surface area (Å²) in [6.45, 7) is 8.02. The average Bonchev–Trinajstić information content (AvgIpc) is 3.06. The summed E-state index contributed by atoms with van der Waals surface area (Å²) in [7, 11) is 0. The van der Waals surface area contributed by atoms with E-state index in [-0.39, 0.29) is 11.8 Å². The van der Waals surface area contributed by atoms with Crippen LogP contribution in [0.15, 0.2) is 54.6 Å². The van der Waals surface area contributed by atoms with E-state index < -0.39 is 6.04 Å². The second-order valence-electron chi connectivity index (χ2n) is 7.11. The summed E-state index contributed by atoms with van der Waals surface area (Å²) < 4.78 is 0. The van der Waals surface area contributed by atoms with E-state index in [1.165, 1.54) is 0 Å². The Labute approximate surface area is 167 Å². The number of fused-ring (bicyclic) bond motifs is 1. The van der Waals surface area contributed by atoms with E-state index in [9.17, 15) is 9.59 Å². The largest absolute Gasteiger partial charge is 0.353 e. The van der Waals surface area contributed by atoms with Crippen LogP contribution in [-0.4, -0.2) is 53.8 Å². The first-order valence-corrected chi connectivity index (χ1v) is 10.1. The number of nitrogens with one attached hydrogen (secondary N) is 1. The molecule has 1 N–H and O–H groups in total. The molecule has 148 valence electrons. The van der Waals surface area contributed by atoms with Gasteiger partial charge in [-0.15, -0.1) is 0 Å². The van der Waals surface area contributed by atoms with E-state index in [1.807, 2.05) is 54.6 Å². The molecule has 2 amide bonds. The molecule has 1 heterocycles. The quantitative estimate of drug-likeness (QED) is 0.729. The third-order valence-corrected chi connectivity index (χ3v) is 5.42. The molecule has 0 spiro atoms. The highest BCUT2D eigenvalue weighted by atomic mass is 16.2. The highest BCUT2D eigenvalue weighted by Gasteiger charge is 2.36. The molecule has 1 aliphatic heterocycles. The van der Waals surface area contributed by atoms with Crippen LogP contribution in [-0.2, 0) is 17.8 Å². The molecular weight excluding hydrogens is 350 g/mol. The lowest BCUT2D eigenvalue weighted by atomic mass is 10.0. The fraction of sp³-hybridized carbons (Fsp3) is 0.391. The number of amides is 2. The highest BCUT2D eigenvalue weighted by molar-refractivity contribution is 6.01. The van der Waals surface area contributed by atoms with Crippen LogP contribution < -0.4 is 5.32 Å². The van der Waals surface area contributed by atoms with Crippen LogP contribution in [0.3, 0.4) is 0 Å². The van der Waals surface area contributed by atoms with Crippen LogP contribution in [0, 0.1) is 0 Å². The van der Waals surface area contributed by atoms with Gasteiger partial charge in [0.1, 0.15) is 6.04 Å². The Balaban J connectivity index is 1.74. The van der Waals surface area contributed by atoms with Crippen LogP contribution in [0.5, 0.6) is 0 Å². The second-order valence-corrected chi connectivity index (χ2v) is 7.11. The molecule has 1 unspecified atom stereocenters. The summed E-state index contributed by atoms with van der Waals surface area (Å²) >= 11 is 0. The molecule has 0 fully saturated rings. The highest BCUT2D eigenvalue weighted by Crippen LogP contribution is 2.25. The average molecular weight is 380 g/mol. The first-order valence-electron chi connectivity index (χ1n) is 10.1. The van der Waals surface area contributed by atoms with Gasteiger partial charge in [-0.25, -0.2) is 0 Å². The summed E-state index contributed by atoms with van der Waals surface area (Å²) in [5.74, 6) is -0.146. The molecule has 0 saturated carbocycles. The number of hydrogen-bond donors (Lipinski definition) is 1. The zero-order valence-electron chi connectivity index (χ0n) is 16.7. The van der Waals surface area contributed by atoms with Crippen molar-refractivity contribution < 1.29 is 9.59 Å². The second kappa shape index (κ2) is 9.51. The fourth-order valence-electron chi connectivity index (χ4n) is 3.71. The number of carbonyl (C=O) groups excluding carboxylic acids is 2. The van der Waals surface area contributed by atoms with Gasteiger partial charge in [0.25, 0.3) is 5.91 Å². The lowest BCUT2D eigenvalue weighted by Gasteiger charge is -2.27. The normalized spacial score (nSPS) is 14.2. The predicted molar refractivity (Wildman–Crippen MR) is 111 cm³/mol. The Kier molecular flexibility index (Phi) is 6.82. The van der Waals surface area contributed by atoms with Gasteiger partial charge in [0.05, 0.1) is 0 Å². The van der Waals surface area contributed by atoms with Crippen molar-refractivity contribution in [2.24, 2.45) is 0 Å². The van der Waals surface area contributed by atoms with E-state index in [0.717, 1.165) is 30.8 Å². The Morgan fingerprint density at radius 3 is 2.43 bits per heavy atom. The van der Waals surface area contributed by atoms with E-state index >= 15 is 0 Å². The van der Waals surface area contributed by atoms with Crippen molar-refractivity contribution in [1.29, 1.82) is 0 Å². The first-order chi connectivity index (χ1) is 13.6. The molecule has 0 radical (unpaired) electrons. The Hall–Kier alpha value is -2.66. The van der Waals surface area contributed by atoms with Crippen LogP contribution in [0.25, 0.3) is 0 Å². The van der Waals surface area contributed by atoms with Gasteiger partial charge >= 0.3 is 0 Å². The lowest BCUT2D eigenvalue weighted by molar-refractivity contribution is -0.125. The summed E-state index contributed by atoms with van der Waals surface area (Å²) in [5, 5.41) is 3.05. The standard InChI is InChI=1S/C23H29N3O2/c1-3-25(4-2)15-14-24-22(27)21(16-18-10-6-5-7-11-18)26-17-19-12-8-9-13-20(19)23(26)28/h5-13,21H,3-4,14-17H2,1-2H3,(H,24,27). The van der Waals surface area contributed by atoms with Crippen molar-refractivity contribution in [2.45, 2.75) is 32.9 Å². The van der Waals surface area contributed by atoms with Gasteiger partial charge < -0.3 is 15.1 Å². The lowest BCUT2D eigenvalue weighted by Crippen LogP contribution is -2.49. The van der Waals surface area contributed by atoms with E-state index in [4.69, 9.17) is 0 Å². The monoisotopic (exact) mass is 379 g/mol. The Morgan fingerprint density at radius 1 is 1.07 bits per heavy atom. The molecule has 5 heteroatoms. The number of nitrogens with zero attached hydrogens (tertiary/aromatic N) is 2. The molecule has 0 bridgehead atoms. The van der Waals surface area contributed by atoms with Gasteiger partial charge in [-0.2, -0.15) is 0 Å². The Morgan fingerprint density at radius 2 is 1.75 bits per heavy atom. The molecule has 0 aromatic heterocycles. The molecule has 0 aliphatic carbocycles. The molecule has 2 aromatic carbocycles. The van der Waals surface area contributed by atoms with Crippen molar-refractivity contribution >= 4 is 11.8 Å². The van der Waals surface area contributed by atoms with Crippen LogP contribution in [0.2, 0.25) is 0 Å². The van der Waals surface area contributed by atoms with Crippen LogP contribution in [0.4, 0.5) is 0 Å². The summed E-state index contributed by atoms with van der Waals surface area (Å²) in [6, 6.07) is 17.0. The topological polar surface area (TPSA) is 52.7 Å². The maximum atomic E-state index is 13.1. The van der Waals surface area contributed by atoms with Crippen LogP contribution >= 0.6 is 0 Å². The number of rotatable bonds is 9. The minimum absolute atomic E-state index is 0.0598. The molecule has 1 aliphatic rings. The third kappa shape index (κ3) is 4.60. The van der Waals surface area contributed by atoms with E-state index in [2.05, 4.69) is 24.1 Å². The smallest absolute Gasteiger partial charge is 0.255 e. The third-order valence-electron chi connectivity index (χ3n) is 5.42. The fourth-order valence-corrected chi connectivity index (χ4v) is 3.71. The predicted octanol–water partition coefficient (Wildman–Crippen LogP) is 2.71. The minimum Gasteiger partial charge on any atom is -0.353 e. The maximum absolute atomic E-state index is 13.1. The number of carbonyl (C=O) groups is 2. The molecule has 5 nitrogen and oxygen atoms in total. The van der Waals surface area contributed by atoms with Crippen molar-refractivity contribution in [2.75, 3.05) is 26.2 Å². The van der Waals surface area contributed by atoms with E-state index in [1.54, 1.807) is 4.90 Å². The Bertz CT molecular complexity index is 803. The molecule has 2 aromatic rings. The summed E-state index contributed by atoms with van der Waals surface area (Å²) in [6.07, 6.45) is 0.512. The van der Waals surface area contributed by atoms with Crippen molar-refractivity contribution in [1.82, 2.24) is 15.1 Å². The van der Waals surface area contributed by atoms with Crippen molar-refractivity contribution in [3.05, 3.63) is 71.3 Å². The molecule has 0 saturated heterocycles. The molecular formula is C23H29N3O2. The molecule has 28 heavy (non-hydrogen) atoms. The molecule has 3 rings (SSSR count). The number of hydrogen-bond acceptors (Lipinski definition) is 3. The van der Waals surface area contributed by atoms with Gasteiger partial charge in [0.2, 0.25) is 5.91 Å². The van der Waals surface area contributed by atoms with Gasteiger partial charge in [-0.3, -0.25) is 9.59 Å². The van der Waals surface area contributed by atoms with Crippen molar-refractivity contribution in [3.8, 4) is 0 Å². The zero-order chi connectivity index (χ0) is 19.9. The van der Waals surface area contributed by atoms with Gasteiger partial charge in [0.15, 0.2) is 0 Å². The number of likely N-dealkylation sites (N-methyl/N-ethyl adjacent to an activating group) is 1. The first kappa shape index (κ1) is 20.1. The van der Waals surface area contributed by atoms with E-state index in [0.29, 0.717) is 25.1 Å². The van der Waals surface area contributed by atoms with Gasteiger partial charge in [-0.1, -0.05) is 62.4 Å². The van der Waals surface area contributed by atoms with Gasteiger partial charge in [-0.05, 0) is 30.3 Å². The van der Waals surface area contributed by atoms with Crippen LogP contribution in [0.1, 0.15) is 35.3 Å². The maximum Gasteiger partial charge on any atom is 0.255 e. The van der Waals surface area contributed by atoms with Crippen molar-refractivity contribution in [3.63, 3.8) is 0 Å².